The first-order valence-electron chi connectivity index (χ1n) is 8.82. The Bertz CT molecular complexity index is 1240. The molecule has 0 saturated heterocycles. The van der Waals surface area contributed by atoms with Crippen LogP contribution in [0.1, 0.15) is 11.1 Å². The van der Waals surface area contributed by atoms with Gasteiger partial charge >= 0.3 is 6.03 Å². The van der Waals surface area contributed by atoms with E-state index in [2.05, 4.69) is 20.5 Å². The molecule has 0 bridgehead atoms. The van der Waals surface area contributed by atoms with Crippen LogP contribution in [0.3, 0.4) is 0 Å². The van der Waals surface area contributed by atoms with Gasteiger partial charge in [-0.3, -0.25) is 15.2 Å². The molecule has 134 valence electrons. The van der Waals surface area contributed by atoms with E-state index < -0.39 is 0 Å². The highest BCUT2D eigenvalue weighted by molar-refractivity contribution is 5.99. The molecule has 1 aliphatic heterocycles. The van der Waals surface area contributed by atoms with Gasteiger partial charge in [0.15, 0.2) is 5.82 Å². The second-order valence-electron chi connectivity index (χ2n) is 6.68. The van der Waals surface area contributed by atoms with Crippen molar-refractivity contribution in [2.75, 3.05) is 11.9 Å². The number of aromatic nitrogens is 3. The van der Waals surface area contributed by atoms with E-state index in [0.717, 1.165) is 27.4 Å². The fourth-order valence-corrected chi connectivity index (χ4v) is 3.73. The molecule has 3 N–H and O–H groups in total. The molecule has 0 aliphatic carbocycles. The van der Waals surface area contributed by atoms with E-state index in [1.165, 1.54) is 0 Å². The SMILES string of the molecule is O=C(Nc1n[nH]c2ccccc12)N1CCc2c(c(=O)[nH]c3ccccc23)C1. The fourth-order valence-electron chi connectivity index (χ4n) is 3.73. The molecular weight excluding hydrogens is 342 g/mol. The molecule has 0 unspecified atom stereocenters. The van der Waals surface area contributed by atoms with Gasteiger partial charge in [-0.2, -0.15) is 5.10 Å². The van der Waals surface area contributed by atoms with Crippen molar-refractivity contribution < 1.29 is 4.79 Å². The maximum Gasteiger partial charge on any atom is 0.323 e. The zero-order chi connectivity index (χ0) is 18.4. The van der Waals surface area contributed by atoms with Crippen molar-refractivity contribution in [1.29, 1.82) is 0 Å². The first kappa shape index (κ1) is 15.6. The molecule has 2 aromatic carbocycles. The van der Waals surface area contributed by atoms with Crippen molar-refractivity contribution in [2.24, 2.45) is 0 Å². The molecule has 2 amide bonds. The third-order valence-electron chi connectivity index (χ3n) is 5.10. The van der Waals surface area contributed by atoms with Crippen molar-refractivity contribution in [2.45, 2.75) is 13.0 Å². The fraction of sp³-hybridized carbons (Fsp3) is 0.150. The number of hydrogen-bond acceptors (Lipinski definition) is 3. The molecule has 2 aromatic heterocycles. The Kier molecular flexibility index (Phi) is 3.46. The summed E-state index contributed by atoms with van der Waals surface area (Å²) in [6, 6.07) is 15.1. The summed E-state index contributed by atoms with van der Waals surface area (Å²) in [7, 11) is 0. The summed E-state index contributed by atoms with van der Waals surface area (Å²) in [5, 5.41) is 11.8. The lowest BCUT2D eigenvalue weighted by atomic mass is 9.97. The number of carbonyl (C=O) groups is 1. The van der Waals surface area contributed by atoms with Crippen LogP contribution >= 0.6 is 0 Å². The monoisotopic (exact) mass is 359 g/mol. The molecule has 4 aromatic rings. The molecule has 1 aliphatic rings. The molecular formula is C20H17N5O2. The minimum absolute atomic E-state index is 0.133. The van der Waals surface area contributed by atoms with Crippen LogP contribution in [0, 0.1) is 0 Å². The quantitative estimate of drug-likeness (QED) is 0.488. The van der Waals surface area contributed by atoms with Crippen molar-refractivity contribution in [3.05, 3.63) is 70.0 Å². The zero-order valence-electron chi connectivity index (χ0n) is 14.5. The second kappa shape index (κ2) is 5.98. The summed E-state index contributed by atoms with van der Waals surface area (Å²) in [6.45, 7) is 0.832. The van der Waals surface area contributed by atoms with Gasteiger partial charge in [0.2, 0.25) is 0 Å². The average Bonchev–Trinajstić information content (AvgIpc) is 3.11. The van der Waals surface area contributed by atoms with E-state index in [1.54, 1.807) is 4.90 Å². The Morgan fingerprint density at radius 1 is 1.00 bits per heavy atom. The van der Waals surface area contributed by atoms with Crippen LogP contribution in [0.2, 0.25) is 0 Å². The number of hydrogen-bond donors (Lipinski definition) is 3. The van der Waals surface area contributed by atoms with E-state index >= 15 is 0 Å². The predicted molar refractivity (Wildman–Crippen MR) is 104 cm³/mol. The van der Waals surface area contributed by atoms with Crippen LogP contribution in [0.4, 0.5) is 10.6 Å². The lowest BCUT2D eigenvalue weighted by molar-refractivity contribution is 0.206. The number of pyridine rings is 1. The third kappa shape index (κ3) is 2.55. The van der Waals surface area contributed by atoms with E-state index in [9.17, 15) is 9.59 Å². The van der Waals surface area contributed by atoms with Gasteiger partial charge in [0.05, 0.1) is 12.1 Å². The van der Waals surface area contributed by atoms with Gasteiger partial charge < -0.3 is 9.88 Å². The Morgan fingerprint density at radius 2 is 1.74 bits per heavy atom. The number of nitrogens with one attached hydrogen (secondary N) is 3. The number of para-hydroxylation sites is 2. The number of carbonyl (C=O) groups excluding carboxylic acids is 1. The summed E-state index contributed by atoms with van der Waals surface area (Å²) >= 11 is 0. The van der Waals surface area contributed by atoms with Crippen LogP contribution in [-0.4, -0.2) is 32.7 Å². The Labute approximate surface area is 154 Å². The maximum atomic E-state index is 12.7. The highest BCUT2D eigenvalue weighted by Crippen LogP contribution is 2.25. The summed E-state index contributed by atoms with van der Waals surface area (Å²) in [5.74, 6) is 0.494. The molecule has 3 heterocycles. The number of benzene rings is 2. The van der Waals surface area contributed by atoms with Gasteiger partial charge in [0.1, 0.15) is 0 Å². The molecule has 0 saturated carbocycles. The maximum absolute atomic E-state index is 12.7. The van der Waals surface area contributed by atoms with Crippen LogP contribution in [-0.2, 0) is 13.0 Å². The average molecular weight is 359 g/mol. The van der Waals surface area contributed by atoms with E-state index in [4.69, 9.17) is 0 Å². The smallest absolute Gasteiger partial charge is 0.322 e. The molecule has 0 fully saturated rings. The number of amides is 2. The van der Waals surface area contributed by atoms with Gasteiger partial charge in [-0.1, -0.05) is 30.3 Å². The number of nitrogens with zero attached hydrogens (tertiary/aromatic N) is 2. The topological polar surface area (TPSA) is 93.9 Å². The van der Waals surface area contributed by atoms with E-state index in [-0.39, 0.29) is 18.1 Å². The van der Waals surface area contributed by atoms with Gasteiger partial charge in [0.25, 0.3) is 5.56 Å². The Morgan fingerprint density at radius 3 is 2.59 bits per heavy atom. The summed E-state index contributed by atoms with van der Waals surface area (Å²) < 4.78 is 0. The van der Waals surface area contributed by atoms with E-state index in [0.29, 0.717) is 24.3 Å². The minimum atomic E-state index is -0.259. The van der Waals surface area contributed by atoms with Crippen LogP contribution < -0.4 is 10.9 Å². The summed E-state index contributed by atoms with van der Waals surface area (Å²) in [4.78, 5) is 29.8. The number of rotatable bonds is 1. The van der Waals surface area contributed by atoms with Crippen LogP contribution in [0.25, 0.3) is 21.8 Å². The van der Waals surface area contributed by atoms with Crippen LogP contribution in [0.15, 0.2) is 53.3 Å². The van der Waals surface area contributed by atoms with Gasteiger partial charge in [-0.25, -0.2) is 4.79 Å². The van der Waals surface area contributed by atoms with E-state index in [1.807, 2.05) is 48.5 Å². The van der Waals surface area contributed by atoms with Crippen molar-refractivity contribution >= 4 is 33.7 Å². The molecule has 0 atom stereocenters. The third-order valence-corrected chi connectivity index (χ3v) is 5.10. The van der Waals surface area contributed by atoms with Crippen molar-refractivity contribution in [3.8, 4) is 0 Å². The van der Waals surface area contributed by atoms with Gasteiger partial charge in [-0.15, -0.1) is 0 Å². The standard InChI is InChI=1S/C20H17N5O2/c26-19-15-11-25(10-9-12(15)13-5-1-3-7-16(13)21-19)20(27)22-18-14-6-2-4-8-17(14)23-24-18/h1-8H,9-11H2,(H,21,26)(H2,22,23,24,27). The molecule has 7 nitrogen and oxygen atoms in total. The Hall–Kier alpha value is -3.61. The number of fused-ring (bicyclic) bond motifs is 4. The predicted octanol–water partition coefficient (Wildman–Crippen LogP) is 2.99. The number of urea groups is 1. The lowest BCUT2D eigenvalue weighted by Crippen LogP contribution is -2.41. The molecule has 0 radical (unpaired) electrons. The largest absolute Gasteiger partial charge is 0.323 e. The van der Waals surface area contributed by atoms with Crippen molar-refractivity contribution in [1.82, 2.24) is 20.1 Å². The highest BCUT2D eigenvalue weighted by atomic mass is 16.2. The summed E-state index contributed by atoms with van der Waals surface area (Å²) in [6.07, 6.45) is 0.647. The van der Waals surface area contributed by atoms with Gasteiger partial charge in [0, 0.05) is 28.4 Å². The second-order valence-corrected chi connectivity index (χ2v) is 6.68. The van der Waals surface area contributed by atoms with Crippen LogP contribution in [0.5, 0.6) is 0 Å². The first-order valence-corrected chi connectivity index (χ1v) is 8.82. The normalized spacial score (nSPS) is 13.7. The highest BCUT2D eigenvalue weighted by Gasteiger charge is 2.25. The lowest BCUT2D eigenvalue weighted by Gasteiger charge is -2.28. The first-order chi connectivity index (χ1) is 13.2. The van der Waals surface area contributed by atoms with Crippen molar-refractivity contribution in [3.63, 3.8) is 0 Å². The molecule has 7 heteroatoms. The molecule has 5 rings (SSSR count). The zero-order valence-corrected chi connectivity index (χ0v) is 14.5. The minimum Gasteiger partial charge on any atom is -0.322 e. The number of H-pyrrole nitrogens is 2. The Balaban J connectivity index is 1.44. The van der Waals surface area contributed by atoms with Gasteiger partial charge in [-0.05, 0) is 30.2 Å². The number of aromatic amines is 2. The molecule has 27 heavy (non-hydrogen) atoms. The summed E-state index contributed by atoms with van der Waals surface area (Å²) in [5.41, 5.74) is 3.25. The number of anilines is 1. The molecule has 0 spiro atoms.